The molecule has 26 heavy (non-hydrogen) atoms. The van der Waals surface area contributed by atoms with Gasteiger partial charge in [-0.3, -0.25) is 4.79 Å². The van der Waals surface area contributed by atoms with Crippen LogP contribution in [0.25, 0.3) is 0 Å². The van der Waals surface area contributed by atoms with E-state index in [1.807, 2.05) is 55.5 Å². The zero-order chi connectivity index (χ0) is 18.4. The highest BCUT2D eigenvalue weighted by molar-refractivity contribution is 5.94. The molecule has 0 aliphatic carbocycles. The molecule has 1 amide bonds. The minimum absolute atomic E-state index is 0.0230. The van der Waals surface area contributed by atoms with Crippen molar-refractivity contribution in [1.29, 1.82) is 0 Å². The third kappa shape index (κ3) is 5.07. The van der Waals surface area contributed by atoms with Crippen LogP contribution >= 0.6 is 0 Å². The Balaban J connectivity index is 1.52. The molecule has 0 spiro atoms. The number of hydrogen-bond donors (Lipinski definition) is 0. The fraction of sp³-hybridized carbons (Fsp3) is 0.381. The van der Waals surface area contributed by atoms with Gasteiger partial charge in [0.15, 0.2) is 0 Å². The molecule has 0 saturated carbocycles. The fourth-order valence-electron chi connectivity index (χ4n) is 2.80. The number of nitrogens with zero attached hydrogens (tertiary/aromatic N) is 1. The highest BCUT2D eigenvalue weighted by Crippen LogP contribution is 2.15. The minimum atomic E-state index is -0.0557. The number of likely N-dealkylation sites (N-methyl/N-ethyl adjacent to an activating group) is 1. The molecular weight excluding hydrogens is 330 g/mol. The number of rotatable bonds is 6. The summed E-state index contributed by atoms with van der Waals surface area (Å²) in [5, 5.41) is 0. The number of hydrogen-bond acceptors (Lipinski definition) is 4. The van der Waals surface area contributed by atoms with Gasteiger partial charge in [-0.2, -0.15) is 0 Å². The van der Waals surface area contributed by atoms with Crippen LogP contribution in [-0.4, -0.2) is 50.3 Å². The largest absolute Gasteiger partial charge is 0.489 e. The van der Waals surface area contributed by atoms with Crippen LogP contribution < -0.4 is 4.74 Å². The molecule has 5 heteroatoms. The second-order valence-electron chi connectivity index (χ2n) is 6.55. The van der Waals surface area contributed by atoms with Gasteiger partial charge >= 0.3 is 0 Å². The van der Waals surface area contributed by atoms with Crippen molar-refractivity contribution in [3.05, 3.63) is 65.2 Å². The van der Waals surface area contributed by atoms with Crippen molar-refractivity contribution in [2.45, 2.75) is 19.6 Å². The van der Waals surface area contributed by atoms with Crippen molar-refractivity contribution in [2.24, 2.45) is 0 Å². The van der Waals surface area contributed by atoms with Crippen LogP contribution in [0.3, 0.4) is 0 Å². The molecule has 0 bridgehead atoms. The van der Waals surface area contributed by atoms with Gasteiger partial charge in [-0.05, 0) is 36.8 Å². The molecular formula is C21H25NO4. The molecule has 1 fully saturated rings. The van der Waals surface area contributed by atoms with Crippen molar-refractivity contribution < 1.29 is 19.0 Å². The van der Waals surface area contributed by atoms with Gasteiger partial charge in [-0.25, -0.2) is 0 Å². The summed E-state index contributed by atoms with van der Waals surface area (Å²) in [4.78, 5) is 14.2. The standard InChI is InChI=1S/C21H25NO4/c1-16-3-9-19(10-4-16)26-14-17-5-7-18(8-6-17)21(23)22(2)13-20-15-24-11-12-25-20/h3-10,20H,11-15H2,1-2H3. The number of carbonyl (C=O) groups excluding carboxylic acids is 1. The summed E-state index contributed by atoms with van der Waals surface area (Å²) >= 11 is 0. The first-order valence-electron chi connectivity index (χ1n) is 8.85. The van der Waals surface area contributed by atoms with Crippen LogP contribution in [0.15, 0.2) is 48.5 Å². The van der Waals surface area contributed by atoms with E-state index in [2.05, 4.69) is 0 Å². The first-order valence-corrected chi connectivity index (χ1v) is 8.85. The monoisotopic (exact) mass is 355 g/mol. The van der Waals surface area contributed by atoms with Crippen molar-refractivity contribution in [1.82, 2.24) is 4.90 Å². The summed E-state index contributed by atoms with van der Waals surface area (Å²) in [6.45, 7) is 4.79. The molecule has 2 aromatic rings. The van der Waals surface area contributed by atoms with Crippen LogP contribution in [0.4, 0.5) is 0 Å². The molecule has 1 aliphatic heterocycles. The van der Waals surface area contributed by atoms with Gasteiger partial charge in [-0.15, -0.1) is 0 Å². The van der Waals surface area contributed by atoms with Crippen LogP contribution in [-0.2, 0) is 16.1 Å². The fourth-order valence-corrected chi connectivity index (χ4v) is 2.80. The average Bonchev–Trinajstić information content (AvgIpc) is 2.68. The zero-order valence-electron chi connectivity index (χ0n) is 15.3. The van der Waals surface area contributed by atoms with E-state index in [1.165, 1.54) is 5.56 Å². The number of amides is 1. The van der Waals surface area contributed by atoms with Gasteiger partial charge in [0.25, 0.3) is 5.91 Å². The molecule has 0 radical (unpaired) electrons. The van der Waals surface area contributed by atoms with E-state index in [1.54, 1.807) is 11.9 Å². The lowest BCUT2D eigenvalue weighted by atomic mass is 10.1. The van der Waals surface area contributed by atoms with E-state index >= 15 is 0 Å². The van der Waals surface area contributed by atoms with Crippen molar-refractivity contribution in [3.8, 4) is 5.75 Å². The van der Waals surface area contributed by atoms with Crippen LogP contribution in [0.1, 0.15) is 21.5 Å². The Morgan fingerprint density at radius 3 is 2.50 bits per heavy atom. The summed E-state index contributed by atoms with van der Waals surface area (Å²) in [6.07, 6.45) is -0.0557. The maximum absolute atomic E-state index is 12.5. The average molecular weight is 355 g/mol. The second-order valence-corrected chi connectivity index (χ2v) is 6.55. The van der Waals surface area contributed by atoms with Crippen LogP contribution in [0.2, 0.25) is 0 Å². The molecule has 1 saturated heterocycles. The Labute approximate surface area is 154 Å². The van der Waals surface area contributed by atoms with Crippen LogP contribution in [0, 0.1) is 6.92 Å². The van der Waals surface area contributed by atoms with Crippen molar-refractivity contribution >= 4 is 5.91 Å². The van der Waals surface area contributed by atoms with E-state index in [4.69, 9.17) is 14.2 Å². The second kappa shape index (κ2) is 8.83. The number of carbonyl (C=O) groups is 1. The Hall–Kier alpha value is -2.37. The third-order valence-corrected chi connectivity index (χ3v) is 4.34. The van der Waals surface area contributed by atoms with E-state index in [-0.39, 0.29) is 12.0 Å². The predicted octanol–water partition coefficient (Wildman–Crippen LogP) is 3.06. The summed E-state index contributed by atoms with van der Waals surface area (Å²) in [5.74, 6) is 0.815. The summed E-state index contributed by atoms with van der Waals surface area (Å²) in [6, 6.07) is 15.5. The van der Waals surface area contributed by atoms with E-state index in [0.29, 0.717) is 38.5 Å². The lowest BCUT2D eigenvalue weighted by Gasteiger charge is -2.27. The Bertz CT molecular complexity index is 706. The quantitative estimate of drug-likeness (QED) is 0.799. The normalized spacial score (nSPS) is 16.9. The topological polar surface area (TPSA) is 48.0 Å². The minimum Gasteiger partial charge on any atom is -0.489 e. The van der Waals surface area contributed by atoms with Crippen molar-refractivity contribution in [3.63, 3.8) is 0 Å². The first-order chi connectivity index (χ1) is 12.6. The smallest absolute Gasteiger partial charge is 0.253 e. The number of ether oxygens (including phenoxy) is 3. The highest BCUT2D eigenvalue weighted by atomic mass is 16.6. The van der Waals surface area contributed by atoms with Gasteiger partial charge in [0.1, 0.15) is 12.4 Å². The van der Waals surface area contributed by atoms with Gasteiger partial charge in [0.05, 0.1) is 25.9 Å². The van der Waals surface area contributed by atoms with E-state index in [0.717, 1.165) is 11.3 Å². The number of benzene rings is 2. The highest BCUT2D eigenvalue weighted by Gasteiger charge is 2.20. The molecule has 5 nitrogen and oxygen atoms in total. The first kappa shape index (κ1) is 18.4. The molecule has 1 unspecified atom stereocenters. The van der Waals surface area contributed by atoms with Gasteiger partial charge in [0, 0.05) is 19.2 Å². The summed E-state index contributed by atoms with van der Waals surface area (Å²) in [5.41, 5.74) is 2.88. The van der Waals surface area contributed by atoms with Crippen molar-refractivity contribution in [2.75, 3.05) is 33.4 Å². The number of aryl methyl sites for hydroxylation is 1. The van der Waals surface area contributed by atoms with Crippen LogP contribution in [0.5, 0.6) is 5.75 Å². The lowest BCUT2D eigenvalue weighted by molar-refractivity contribution is -0.0933. The molecule has 1 aliphatic rings. The van der Waals surface area contributed by atoms with E-state index < -0.39 is 0 Å². The Kier molecular flexibility index (Phi) is 6.26. The molecule has 1 heterocycles. The SMILES string of the molecule is Cc1ccc(OCc2ccc(C(=O)N(C)CC3COCCO3)cc2)cc1. The maximum Gasteiger partial charge on any atom is 0.253 e. The Morgan fingerprint density at radius 2 is 1.85 bits per heavy atom. The predicted molar refractivity (Wildman–Crippen MR) is 99.5 cm³/mol. The third-order valence-electron chi connectivity index (χ3n) is 4.34. The lowest BCUT2D eigenvalue weighted by Crippen LogP contribution is -2.40. The van der Waals surface area contributed by atoms with Gasteiger partial charge in [-0.1, -0.05) is 29.8 Å². The molecule has 3 rings (SSSR count). The molecule has 0 N–H and O–H groups in total. The van der Waals surface area contributed by atoms with Gasteiger partial charge in [0.2, 0.25) is 0 Å². The molecule has 0 aromatic heterocycles. The molecule has 138 valence electrons. The maximum atomic E-state index is 12.5. The van der Waals surface area contributed by atoms with E-state index in [9.17, 15) is 4.79 Å². The van der Waals surface area contributed by atoms with Gasteiger partial charge < -0.3 is 19.1 Å². The molecule has 1 atom stereocenters. The zero-order valence-corrected chi connectivity index (χ0v) is 15.3. The Morgan fingerprint density at radius 1 is 1.12 bits per heavy atom. The summed E-state index contributed by atoms with van der Waals surface area (Å²) in [7, 11) is 1.79. The summed E-state index contributed by atoms with van der Waals surface area (Å²) < 4.78 is 16.7. The molecule has 2 aromatic carbocycles.